The Hall–Kier alpha value is -0.820. The summed E-state index contributed by atoms with van der Waals surface area (Å²) < 4.78 is 0. The molecule has 1 aromatic carbocycles. The molecule has 1 rings (SSSR count). The smallest absolute Gasteiger partial charge is 0.00510 e. The first-order valence-corrected chi connectivity index (χ1v) is 4.83. The van der Waals surface area contributed by atoms with Gasteiger partial charge in [-0.05, 0) is 50.8 Å². The van der Waals surface area contributed by atoms with Crippen molar-refractivity contribution in [3.8, 4) is 0 Å². The molecule has 0 aliphatic rings. The van der Waals surface area contributed by atoms with Gasteiger partial charge in [0, 0.05) is 6.04 Å². The van der Waals surface area contributed by atoms with Crippen molar-refractivity contribution in [1.29, 1.82) is 0 Å². The van der Waals surface area contributed by atoms with Gasteiger partial charge in [-0.1, -0.05) is 17.7 Å². The van der Waals surface area contributed by atoms with Crippen LogP contribution in [0.2, 0.25) is 0 Å². The summed E-state index contributed by atoms with van der Waals surface area (Å²) in [5, 5.41) is 0. The predicted molar refractivity (Wildman–Crippen MR) is 58.0 cm³/mol. The molecule has 0 saturated carbocycles. The normalized spacial score (nSPS) is 13.0. The highest BCUT2D eigenvalue weighted by atomic mass is 14.6. The van der Waals surface area contributed by atoms with Crippen LogP contribution in [0.1, 0.15) is 29.2 Å². The van der Waals surface area contributed by atoms with Crippen LogP contribution in [0.5, 0.6) is 0 Å². The highest BCUT2D eigenvalue weighted by Crippen LogP contribution is 2.16. The van der Waals surface area contributed by atoms with Gasteiger partial charge in [-0.15, -0.1) is 0 Å². The van der Waals surface area contributed by atoms with Gasteiger partial charge in [0.05, 0.1) is 0 Å². The van der Waals surface area contributed by atoms with Gasteiger partial charge in [0.15, 0.2) is 0 Å². The fraction of sp³-hybridized carbons (Fsp3) is 0.500. The Bertz CT molecular complexity index is 300. The summed E-state index contributed by atoms with van der Waals surface area (Å²) >= 11 is 0. The summed E-state index contributed by atoms with van der Waals surface area (Å²) in [5.74, 6) is 0. The molecule has 1 nitrogen and oxygen atoms in total. The molecule has 1 heteroatoms. The molecule has 13 heavy (non-hydrogen) atoms. The largest absolute Gasteiger partial charge is 0.328 e. The van der Waals surface area contributed by atoms with Crippen LogP contribution in [0.15, 0.2) is 12.1 Å². The van der Waals surface area contributed by atoms with E-state index in [0.717, 1.165) is 6.42 Å². The van der Waals surface area contributed by atoms with Gasteiger partial charge < -0.3 is 5.73 Å². The van der Waals surface area contributed by atoms with Crippen LogP contribution in [-0.2, 0) is 6.42 Å². The molecule has 1 atom stereocenters. The predicted octanol–water partition coefficient (Wildman–Crippen LogP) is 2.50. The lowest BCUT2D eigenvalue weighted by Gasteiger charge is -2.12. The third-order valence-corrected chi connectivity index (χ3v) is 2.46. The number of rotatable bonds is 2. The molecule has 0 saturated heterocycles. The molecule has 1 aromatic rings. The van der Waals surface area contributed by atoms with E-state index in [2.05, 4.69) is 39.8 Å². The van der Waals surface area contributed by atoms with Crippen molar-refractivity contribution in [3.05, 3.63) is 34.4 Å². The monoisotopic (exact) mass is 177 g/mol. The zero-order valence-electron chi connectivity index (χ0n) is 9.02. The second kappa shape index (κ2) is 3.93. The highest BCUT2D eigenvalue weighted by molar-refractivity contribution is 5.37. The van der Waals surface area contributed by atoms with Crippen molar-refractivity contribution in [2.75, 3.05) is 0 Å². The van der Waals surface area contributed by atoms with Gasteiger partial charge in [-0.2, -0.15) is 0 Å². The minimum absolute atomic E-state index is 0.250. The topological polar surface area (TPSA) is 26.0 Å². The Balaban J connectivity index is 3.05. The Morgan fingerprint density at radius 3 is 2.38 bits per heavy atom. The van der Waals surface area contributed by atoms with Crippen molar-refractivity contribution < 1.29 is 0 Å². The van der Waals surface area contributed by atoms with E-state index >= 15 is 0 Å². The van der Waals surface area contributed by atoms with Crippen molar-refractivity contribution >= 4 is 0 Å². The van der Waals surface area contributed by atoms with Crippen molar-refractivity contribution in [3.63, 3.8) is 0 Å². The Kier molecular flexibility index (Phi) is 3.10. The third-order valence-electron chi connectivity index (χ3n) is 2.46. The molecule has 2 N–H and O–H groups in total. The van der Waals surface area contributed by atoms with Crippen molar-refractivity contribution in [2.45, 2.75) is 40.2 Å². The first-order chi connectivity index (χ1) is 6.00. The minimum Gasteiger partial charge on any atom is -0.328 e. The van der Waals surface area contributed by atoms with Gasteiger partial charge in [-0.25, -0.2) is 0 Å². The molecule has 72 valence electrons. The average Bonchev–Trinajstić information content (AvgIpc) is 1.98. The average molecular weight is 177 g/mol. The Labute approximate surface area is 81.0 Å². The second-order valence-corrected chi connectivity index (χ2v) is 4.05. The summed E-state index contributed by atoms with van der Waals surface area (Å²) in [5.41, 5.74) is 11.3. The second-order valence-electron chi connectivity index (χ2n) is 4.05. The standard InChI is InChI=1S/C12H19N/c1-8-5-9(2)11(4)12(6-8)7-10(3)13/h5-6,10H,7,13H2,1-4H3. The molecule has 1 unspecified atom stereocenters. The van der Waals surface area contributed by atoms with E-state index in [1.807, 2.05) is 0 Å². The minimum atomic E-state index is 0.250. The molecule has 0 aliphatic heterocycles. The van der Waals surface area contributed by atoms with Crippen molar-refractivity contribution in [1.82, 2.24) is 0 Å². The summed E-state index contributed by atoms with van der Waals surface area (Å²) in [7, 11) is 0. The molecule has 0 fully saturated rings. The van der Waals surface area contributed by atoms with E-state index in [-0.39, 0.29) is 6.04 Å². The van der Waals surface area contributed by atoms with E-state index in [9.17, 15) is 0 Å². The van der Waals surface area contributed by atoms with E-state index in [1.54, 1.807) is 0 Å². The molecular weight excluding hydrogens is 158 g/mol. The van der Waals surface area contributed by atoms with Crippen LogP contribution < -0.4 is 5.73 Å². The van der Waals surface area contributed by atoms with Gasteiger partial charge in [0.25, 0.3) is 0 Å². The Morgan fingerprint density at radius 2 is 1.85 bits per heavy atom. The van der Waals surface area contributed by atoms with Gasteiger partial charge in [0.1, 0.15) is 0 Å². The third kappa shape index (κ3) is 2.56. The first kappa shape index (κ1) is 10.3. The summed E-state index contributed by atoms with van der Waals surface area (Å²) in [6, 6.07) is 4.71. The first-order valence-electron chi connectivity index (χ1n) is 4.83. The molecule has 0 aromatic heterocycles. The van der Waals surface area contributed by atoms with E-state index in [0.29, 0.717) is 0 Å². The van der Waals surface area contributed by atoms with E-state index in [4.69, 9.17) is 5.73 Å². The number of nitrogens with two attached hydrogens (primary N) is 1. The van der Waals surface area contributed by atoms with Crippen LogP contribution in [0.3, 0.4) is 0 Å². The zero-order valence-corrected chi connectivity index (χ0v) is 9.02. The van der Waals surface area contributed by atoms with Crippen LogP contribution in [0.25, 0.3) is 0 Å². The Morgan fingerprint density at radius 1 is 1.23 bits per heavy atom. The number of aryl methyl sites for hydroxylation is 2. The van der Waals surface area contributed by atoms with Crippen molar-refractivity contribution in [2.24, 2.45) is 5.73 Å². The summed E-state index contributed by atoms with van der Waals surface area (Å²) in [6.45, 7) is 8.52. The number of benzene rings is 1. The molecule has 0 radical (unpaired) electrons. The van der Waals surface area contributed by atoms with Crippen LogP contribution in [0, 0.1) is 20.8 Å². The quantitative estimate of drug-likeness (QED) is 0.738. The summed E-state index contributed by atoms with van der Waals surface area (Å²) in [4.78, 5) is 0. The maximum Gasteiger partial charge on any atom is 0.00510 e. The number of hydrogen-bond donors (Lipinski definition) is 1. The maximum absolute atomic E-state index is 5.79. The summed E-state index contributed by atoms with van der Waals surface area (Å²) in [6.07, 6.45) is 0.981. The SMILES string of the molecule is Cc1cc(C)c(C)c(CC(C)N)c1. The van der Waals surface area contributed by atoms with Gasteiger partial charge >= 0.3 is 0 Å². The lowest BCUT2D eigenvalue weighted by atomic mass is 9.96. The molecule has 0 amide bonds. The van der Waals surface area contributed by atoms with E-state index in [1.165, 1.54) is 22.3 Å². The van der Waals surface area contributed by atoms with Crippen LogP contribution in [-0.4, -0.2) is 6.04 Å². The van der Waals surface area contributed by atoms with Crippen LogP contribution in [0.4, 0.5) is 0 Å². The lowest BCUT2D eigenvalue weighted by molar-refractivity contribution is 0.733. The fourth-order valence-electron chi connectivity index (χ4n) is 1.69. The lowest BCUT2D eigenvalue weighted by Crippen LogP contribution is -2.18. The molecule has 0 aliphatic carbocycles. The van der Waals surface area contributed by atoms with Crippen LogP contribution >= 0.6 is 0 Å². The molecular formula is C12H19N. The van der Waals surface area contributed by atoms with Gasteiger partial charge in [-0.3, -0.25) is 0 Å². The molecule has 0 heterocycles. The zero-order chi connectivity index (χ0) is 10.0. The molecule has 0 bridgehead atoms. The highest BCUT2D eigenvalue weighted by Gasteiger charge is 2.04. The fourth-order valence-corrected chi connectivity index (χ4v) is 1.69. The number of hydrogen-bond acceptors (Lipinski definition) is 1. The maximum atomic E-state index is 5.79. The molecule has 0 spiro atoms. The van der Waals surface area contributed by atoms with Gasteiger partial charge in [0.2, 0.25) is 0 Å². The van der Waals surface area contributed by atoms with E-state index < -0.39 is 0 Å².